The number of piperidine rings is 1. The molecule has 2 bridgehead atoms. The average molecular weight is 330 g/mol. The van der Waals surface area contributed by atoms with Gasteiger partial charge in [-0.3, -0.25) is 9.59 Å². The molecule has 0 radical (unpaired) electrons. The van der Waals surface area contributed by atoms with Crippen LogP contribution in [0.1, 0.15) is 64.2 Å². The maximum atomic E-state index is 12.4. The van der Waals surface area contributed by atoms with E-state index in [1.165, 1.54) is 12.8 Å². The molecule has 0 aromatic heterocycles. The van der Waals surface area contributed by atoms with Crippen LogP contribution in [0.15, 0.2) is 0 Å². The van der Waals surface area contributed by atoms with Crippen molar-refractivity contribution in [3.8, 4) is 0 Å². The number of carbonyl (C=O) groups excluding carboxylic acids is 2. The lowest BCUT2D eigenvalue weighted by atomic mass is 9.80. The molecule has 2 amide bonds. The first-order chi connectivity index (χ1) is 10.1. The Balaban J connectivity index is 0.00000176. The molecular weight excluding hydrogens is 302 g/mol. The molecule has 2 unspecified atom stereocenters. The molecule has 1 aliphatic carbocycles. The minimum Gasteiger partial charge on any atom is -0.368 e. The zero-order valence-electron chi connectivity index (χ0n) is 13.1. The number of halogens is 1. The van der Waals surface area contributed by atoms with E-state index >= 15 is 0 Å². The standard InChI is InChI=1S/C16H27N3O2.ClH/c17-15(21)16(6-2-1-3-7-16)19-14(20)10-11-8-12-4-5-13(9-11)18-12;/h11-13,18H,1-10H2,(H2,17,21)(H,19,20);1H. The second-order valence-electron chi connectivity index (χ2n) is 7.23. The molecule has 126 valence electrons. The second-order valence-corrected chi connectivity index (χ2v) is 7.23. The quantitative estimate of drug-likeness (QED) is 0.733. The van der Waals surface area contributed by atoms with Crippen molar-refractivity contribution in [2.45, 2.75) is 81.8 Å². The minimum absolute atomic E-state index is 0. The third kappa shape index (κ3) is 3.74. The van der Waals surface area contributed by atoms with Crippen LogP contribution < -0.4 is 16.4 Å². The highest BCUT2D eigenvalue weighted by Crippen LogP contribution is 2.33. The Kier molecular flexibility index (Phi) is 5.72. The van der Waals surface area contributed by atoms with Crippen LogP contribution in [0.4, 0.5) is 0 Å². The van der Waals surface area contributed by atoms with Gasteiger partial charge in [0.15, 0.2) is 0 Å². The first kappa shape index (κ1) is 17.5. The zero-order chi connectivity index (χ0) is 14.9. The van der Waals surface area contributed by atoms with Gasteiger partial charge in [-0.15, -0.1) is 12.4 Å². The van der Waals surface area contributed by atoms with Crippen molar-refractivity contribution in [2.24, 2.45) is 11.7 Å². The first-order valence-corrected chi connectivity index (χ1v) is 8.44. The van der Waals surface area contributed by atoms with E-state index in [0.717, 1.165) is 32.1 Å². The van der Waals surface area contributed by atoms with Gasteiger partial charge in [0.2, 0.25) is 11.8 Å². The van der Waals surface area contributed by atoms with E-state index in [-0.39, 0.29) is 24.2 Å². The molecule has 1 saturated carbocycles. The van der Waals surface area contributed by atoms with Gasteiger partial charge in [-0.2, -0.15) is 0 Å². The van der Waals surface area contributed by atoms with E-state index in [1.807, 2.05) is 0 Å². The van der Waals surface area contributed by atoms with Crippen molar-refractivity contribution in [1.29, 1.82) is 0 Å². The van der Waals surface area contributed by atoms with Gasteiger partial charge in [-0.1, -0.05) is 19.3 Å². The molecule has 3 rings (SSSR count). The summed E-state index contributed by atoms with van der Waals surface area (Å²) in [6, 6.07) is 1.20. The molecule has 5 nitrogen and oxygen atoms in total. The van der Waals surface area contributed by atoms with E-state index in [1.54, 1.807) is 0 Å². The fraction of sp³-hybridized carbons (Fsp3) is 0.875. The lowest BCUT2D eigenvalue weighted by molar-refractivity contribution is -0.133. The number of nitrogens with one attached hydrogen (secondary N) is 2. The first-order valence-electron chi connectivity index (χ1n) is 8.44. The molecule has 22 heavy (non-hydrogen) atoms. The van der Waals surface area contributed by atoms with Crippen LogP contribution in [-0.2, 0) is 9.59 Å². The third-order valence-corrected chi connectivity index (χ3v) is 5.60. The van der Waals surface area contributed by atoms with Crippen LogP contribution in [0.5, 0.6) is 0 Å². The van der Waals surface area contributed by atoms with Crippen LogP contribution in [0, 0.1) is 5.92 Å². The summed E-state index contributed by atoms with van der Waals surface area (Å²) in [5.41, 5.74) is 4.80. The van der Waals surface area contributed by atoms with Gasteiger partial charge >= 0.3 is 0 Å². The Morgan fingerprint density at radius 3 is 2.23 bits per heavy atom. The van der Waals surface area contributed by atoms with Crippen molar-refractivity contribution < 1.29 is 9.59 Å². The Hall–Kier alpha value is -0.810. The van der Waals surface area contributed by atoms with E-state index < -0.39 is 5.54 Å². The number of hydrogen-bond acceptors (Lipinski definition) is 3. The molecule has 4 N–H and O–H groups in total. The highest BCUT2D eigenvalue weighted by molar-refractivity contribution is 5.90. The fourth-order valence-corrected chi connectivity index (χ4v) is 4.51. The van der Waals surface area contributed by atoms with Gasteiger partial charge in [-0.25, -0.2) is 0 Å². The summed E-state index contributed by atoms with van der Waals surface area (Å²) in [6.45, 7) is 0. The summed E-state index contributed by atoms with van der Waals surface area (Å²) in [4.78, 5) is 24.2. The number of hydrogen-bond donors (Lipinski definition) is 3. The second kappa shape index (κ2) is 7.18. The molecule has 3 fully saturated rings. The summed E-state index contributed by atoms with van der Waals surface area (Å²) in [6.07, 6.45) is 9.69. The van der Waals surface area contributed by atoms with Gasteiger partial charge < -0.3 is 16.4 Å². The smallest absolute Gasteiger partial charge is 0.243 e. The monoisotopic (exact) mass is 329 g/mol. The number of nitrogens with two attached hydrogens (primary N) is 1. The molecule has 2 heterocycles. The third-order valence-electron chi connectivity index (χ3n) is 5.60. The summed E-state index contributed by atoms with van der Waals surface area (Å²) in [5, 5.41) is 6.59. The zero-order valence-corrected chi connectivity index (χ0v) is 13.9. The van der Waals surface area contributed by atoms with Gasteiger partial charge in [0.05, 0.1) is 0 Å². The Bertz CT molecular complexity index is 412. The lowest BCUT2D eigenvalue weighted by Gasteiger charge is -2.36. The number of amides is 2. The van der Waals surface area contributed by atoms with Gasteiger partial charge in [0, 0.05) is 18.5 Å². The van der Waals surface area contributed by atoms with Gasteiger partial charge in [0.1, 0.15) is 5.54 Å². The molecule has 2 atom stereocenters. The Morgan fingerprint density at radius 1 is 1.09 bits per heavy atom. The highest BCUT2D eigenvalue weighted by atomic mass is 35.5. The molecule has 3 aliphatic rings. The number of rotatable bonds is 4. The maximum absolute atomic E-state index is 12.4. The molecule has 0 aromatic rings. The van der Waals surface area contributed by atoms with E-state index in [2.05, 4.69) is 10.6 Å². The Morgan fingerprint density at radius 2 is 1.68 bits per heavy atom. The van der Waals surface area contributed by atoms with Crippen molar-refractivity contribution >= 4 is 24.2 Å². The van der Waals surface area contributed by atoms with Gasteiger partial charge in [-0.05, 0) is 44.4 Å². The SMILES string of the molecule is Cl.NC(=O)C1(NC(=O)CC2CC3CCC(C2)N3)CCCCC1. The summed E-state index contributed by atoms with van der Waals surface area (Å²) >= 11 is 0. The number of fused-ring (bicyclic) bond motifs is 2. The van der Waals surface area contributed by atoms with Crippen LogP contribution >= 0.6 is 12.4 Å². The van der Waals surface area contributed by atoms with Crippen molar-refractivity contribution in [3.05, 3.63) is 0 Å². The number of carbonyl (C=O) groups is 2. The molecule has 2 aliphatic heterocycles. The van der Waals surface area contributed by atoms with Crippen molar-refractivity contribution in [3.63, 3.8) is 0 Å². The van der Waals surface area contributed by atoms with Crippen molar-refractivity contribution in [1.82, 2.24) is 10.6 Å². The normalized spacial score (nSPS) is 32.8. The summed E-state index contributed by atoms with van der Waals surface area (Å²) in [5.74, 6) is 0.111. The maximum Gasteiger partial charge on any atom is 0.243 e. The lowest BCUT2D eigenvalue weighted by Crippen LogP contribution is -2.58. The number of primary amides is 1. The largest absolute Gasteiger partial charge is 0.368 e. The van der Waals surface area contributed by atoms with Crippen molar-refractivity contribution in [2.75, 3.05) is 0 Å². The average Bonchev–Trinajstić information content (AvgIpc) is 2.78. The molecular formula is C16H28ClN3O2. The van der Waals surface area contributed by atoms with Gasteiger partial charge in [0.25, 0.3) is 0 Å². The van der Waals surface area contributed by atoms with Crippen LogP contribution in [-0.4, -0.2) is 29.4 Å². The predicted molar refractivity (Wildman–Crippen MR) is 87.7 cm³/mol. The van der Waals surface area contributed by atoms with E-state index in [9.17, 15) is 9.59 Å². The fourth-order valence-electron chi connectivity index (χ4n) is 4.51. The van der Waals surface area contributed by atoms with Crippen LogP contribution in [0.2, 0.25) is 0 Å². The van der Waals surface area contributed by atoms with E-state index in [0.29, 0.717) is 37.3 Å². The van der Waals surface area contributed by atoms with Crippen LogP contribution in [0.25, 0.3) is 0 Å². The highest BCUT2D eigenvalue weighted by Gasteiger charge is 2.40. The molecule has 6 heteroatoms. The molecule has 2 saturated heterocycles. The molecule has 0 aromatic carbocycles. The summed E-state index contributed by atoms with van der Waals surface area (Å²) < 4.78 is 0. The van der Waals surface area contributed by atoms with Crippen LogP contribution in [0.3, 0.4) is 0 Å². The molecule has 0 spiro atoms. The van der Waals surface area contributed by atoms with E-state index in [4.69, 9.17) is 5.73 Å². The summed E-state index contributed by atoms with van der Waals surface area (Å²) in [7, 11) is 0. The predicted octanol–water partition coefficient (Wildman–Crippen LogP) is 1.63. The minimum atomic E-state index is -0.777. The topological polar surface area (TPSA) is 84.2 Å². The Labute approximate surface area is 138 Å².